The van der Waals surface area contributed by atoms with E-state index in [1.165, 1.54) is 11.1 Å². The molecule has 1 aliphatic carbocycles. The first-order chi connectivity index (χ1) is 25.9. The summed E-state index contributed by atoms with van der Waals surface area (Å²) in [7, 11) is 0. The van der Waals surface area contributed by atoms with Crippen LogP contribution in [0.2, 0.25) is 0 Å². The van der Waals surface area contributed by atoms with Crippen LogP contribution in [0, 0.1) is 45.2 Å². The molecule has 286 valence electrons. The van der Waals surface area contributed by atoms with Crippen molar-refractivity contribution in [1.82, 2.24) is 9.55 Å². The molecular weight excluding hydrogens is 854 g/mol. The first-order valence-corrected chi connectivity index (χ1v) is 19.3. The summed E-state index contributed by atoms with van der Waals surface area (Å²) in [6, 6.07) is 29.4. The van der Waals surface area contributed by atoms with Gasteiger partial charge in [0.2, 0.25) is 0 Å². The van der Waals surface area contributed by atoms with Crippen LogP contribution in [0.5, 0.6) is 0 Å². The Labute approximate surface area is 345 Å². The summed E-state index contributed by atoms with van der Waals surface area (Å²) >= 11 is 0. The van der Waals surface area contributed by atoms with Gasteiger partial charge in [0.25, 0.3) is 0 Å². The molecule has 6 aromatic rings. The van der Waals surface area contributed by atoms with Crippen LogP contribution in [-0.2, 0) is 48.5 Å². The normalized spacial score (nSPS) is 21.1. The van der Waals surface area contributed by atoms with Gasteiger partial charge in [0.05, 0.1) is 0 Å². The van der Waals surface area contributed by atoms with Gasteiger partial charge in [-0.15, -0.1) is 47.0 Å². The van der Waals surface area contributed by atoms with Crippen molar-refractivity contribution in [2.24, 2.45) is 10.4 Å². The molecule has 8 rings (SSSR count). The second-order valence-electron chi connectivity index (χ2n) is 19.2. The van der Waals surface area contributed by atoms with Gasteiger partial charge < -0.3 is 14.3 Å². The van der Waals surface area contributed by atoms with E-state index < -0.39 is 22.9 Å². The third-order valence-electron chi connectivity index (χ3n) is 12.0. The van der Waals surface area contributed by atoms with Crippen LogP contribution in [0.15, 0.2) is 71.9 Å². The van der Waals surface area contributed by atoms with Gasteiger partial charge in [-0.1, -0.05) is 116 Å². The quantitative estimate of drug-likeness (QED) is 0.166. The molecule has 0 radical (unpaired) electrons. The molecule has 0 saturated carbocycles. The molecule has 2 atom stereocenters. The summed E-state index contributed by atoms with van der Waals surface area (Å²) in [6.07, 6.45) is 0.0841. The second kappa shape index (κ2) is 12.8. The van der Waals surface area contributed by atoms with Crippen molar-refractivity contribution in [2.75, 3.05) is 0 Å². The van der Waals surface area contributed by atoms with Crippen LogP contribution < -0.4 is 0 Å². The standard InChI is InChI=1S/C50H55N3O.Pt/c1-29-15-16-43-39(19-29)40-21-32(4)38(42-26-35(17-18-51-42)46(5,6)7)27-44(40)53(43)37-24-33(23-36(25-37)47(8,9)10)45-52-49(14)41-22-31(3)30(2)20-34(41)28-50(49,54-45)48(11,12)13;/h15-23,25-26H,28H2,1-14H3;/q-2;+2/t49-,50-;/m1./s1/i28D2;. The number of ether oxygens (including phenoxy) is 1. The van der Waals surface area contributed by atoms with Crippen LogP contribution in [0.1, 0.15) is 122 Å². The number of hydrogen-bond acceptors (Lipinski definition) is 3. The fourth-order valence-electron chi connectivity index (χ4n) is 8.62. The van der Waals surface area contributed by atoms with Crippen molar-refractivity contribution in [3.8, 4) is 16.9 Å². The number of aryl methyl sites for hydroxylation is 4. The Morgan fingerprint density at radius 1 is 0.764 bits per heavy atom. The van der Waals surface area contributed by atoms with Crippen LogP contribution in [-0.4, -0.2) is 21.0 Å². The molecule has 4 aromatic carbocycles. The predicted octanol–water partition coefficient (Wildman–Crippen LogP) is 12.3. The molecule has 3 heterocycles. The smallest absolute Gasteiger partial charge is 0.510 e. The average molecular weight is 911 g/mol. The van der Waals surface area contributed by atoms with E-state index >= 15 is 0 Å². The van der Waals surface area contributed by atoms with E-state index in [1.807, 2.05) is 19.2 Å². The van der Waals surface area contributed by atoms with Gasteiger partial charge in [0, 0.05) is 26.2 Å². The first-order valence-electron chi connectivity index (χ1n) is 20.3. The first kappa shape index (κ1) is 36.6. The van der Waals surface area contributed by atoms with Gasteiger partial charge in [-0.2, -0.15) is 0 Å². The molecule has 1 aliphatic heterocycles. The molecule has 5 heteroatoms. The van der Waals surface area contributed by atoms with E-state index in [0.29, 0.717) is 17.0 Å². The third kappa shape index (κ3) is 6.05. The van der Waals surface area contributed by atoms with Crippen molar-refractivity contribution in [3.63, 3.8) is 0 Å². The zero-order chi connectivity index (χ0) is 40.7. The van der Waals surface area contributed by atoms with E-state index in [2.05, 4.69) is 161 Å². The Morgan fingerprint density at radius 3 is 2.13 bits per heavy atom. The zero-order valence-corrected chi connectivity index (χ0v) is 37.2. The number of hydrogen-bond donors (Lipinski definition) is 0. The van der Waals surface area contributed by atoms with E-state index in [0.717, 1.165) is 66.6 Å². The van der Waals surface area contributed by atoms with Gasteiger partial charge in [-0.25, -0.2) is 0 Å². The monoisotopic (exact) mass is 910 g/mol. The van der Waals surface area contributed by atoms with E-state index in [9.17, 15) is 2.74 Å². The minimum absolute atomic E-state index is 0. The molecule has 0 saturated heterocycles. The molecule has 0 N–H and O–H groups in total. The van der Waals surface area contributed by atoms with Gasteiger partial charge in [0.1, 0.15) is 17.0 Å². The molecule has 0 unspecified atom stereocenters. The minimum atomic E-state index is -1.82. The number of aromatic nitrogens is 2. The SMILES string of the molecule is [2H]C1([2H])c2cc(C)c(C)cc2[C@@]2(C)N=C(c3[c-]c(-n4c5[c-]c(-c6cc(C(C)(C)C)ccn6)c(C)cc5c5cc(C)ccc54)cc(C(C)(C)C)c3)O[C@@]12C(C)(C)C.[Pt+2]. The molecule has 0 bridgehead atoms. The predicted molar refractivity (Wildman–Crippen MR) is 225 cm³/mol. The van der Waals surface area contributed by atoms with Crippen molar-refractivity contribution in [1.29, 1.82) is 0 Å². The van der Waals surface area contributed by atoms with Gasteiger partial charge in [-0.05, 0) is 101 Å². The van der Waals surface area contributed by atoms with Crippen LogP contribution >= 0.6 is 0 Å². The molecule has 2 aliphatic rings. The minimum Gasteiger partial charge on any atom is -0.510 e. The Balaban J connectivity index is 0.00000496. The number of pyridine rings is 1. The third-order valence-corrected chi connectivity index (χ3v) is 12.0. The van der Waals surface area contributed by atoms with E-state index in [4.69, 9.17) is 14.7 Å². The van der Waals surface area contributed by atoms with Gasteiger partial charge in [0.15, 0.2) is 0 Å². The van der Waals surface area contributed by atoms with Crippen molar-refractivity contribution >= 4 is 27.7 Å². The van der Waals surface area contributed by atoms with Crippen LogP contribution in [0.4, 0.5) is 0 Å². The zero-order valence-electron chi connectivity index (χ0n) is 36.9. The maximum Gasteiger partial charge on any atom is 2.00 e. The van der Waals surface area contributed by atoms with E-state index in [1.54, 1.807) is 0 Å². The fourth-order valence-corrected chi connectivity index (χ4v) is 8.62. The Hall–Kier alpha value is -4.01. The number of aliphatic imine (C=N–C) groups is 1. The molecule has 0 fully saturated rings. The topological polar surface area (TPSA) is 39.4 Å². The van der Waals surface area contributed by atoms with Crippen LogP contribution in [0.3, 0.4) is 0 Å². The van der Waals surface area contributed by atoms with Gasteiger partial charge >= 0.3 is 21.1 Å². The number of rotatable bonds is 3. The summed E-state index contributed by atoms with van der Waals surface area (Å²) in [5, 5.41) is 2.27. The fraction of sp³-hybridized carbons (Fsp3) is 0.400. The van der Waals surface area contributed by atoms with E-state index in [-0.39, 0.29) is 31.9 Å². The van der Waals surface area contributed by atoms with Crippen LogP contribution in [0.25, 0.3) is 38.8 Å². The number of nitrogens with zero attached hydrogens (tertiary/aromatic N) is 3. The largest absolute Gasteiger partial charge is 2.00 e. The maximum atomic E-state index is 9.84. The van der Waals surface area contributed by atoms with Crippen molar-refractivity contribution < 1.29 is 28.5 Å². The molecular formula is C50H55N3OPt. The molecule has 55 heavy (non-hydrogen) atoms. The van der Waals surface area contributed by atoms with Crippen molar-refractivity contribution in [3.05, 3.63) is 129 Å². The Bertz CT molecular complexity index is 2670. The molecule has 0 amide bonds. The molecule has 4 nitrogen and oxygen atoms in total. The average Bonchev–Trinajstić information content (AvgIpc) is 3.65. The summed E-state index contributed by atoms with van der Waals surface area (Å²) < 4.78 is 29.1. The Kier molecular flexibility index (Phi) is 8.49. The molecule has 2 aromatic heterocycles. The Morgan fingerprint density at radius 2 is 1.45 bits per heavy atom. The summed E-state index contributed by atoms with van der Waals surface area (Å²) in [5.41, 5.74) is 10.6. The second-order valence-corrected chi connectivity index (χ2v) is 19.2. The van der Waals surface area contributed by atoms with Gasteiger partial charge in [-0.3, -0.25) is 4.99 Å². The number of fused-ring (bicyclic) bond motifs is 6. The summed E-state index contributed by atoms with van der Waals surface area (Å²) in [4.78, 5) is 10.3. The van der Waals surface area contributed by atoms with Crippen molar-refractivity contribution in [2.45, 2.75) is 125 Å². The maximum absolute atomic E-state index is 9.84. The summed E-state index contributed by atoms with van der Waals surface area (Å²) in [6.45, 7) is 30.1. The number of benzene rings is 4. The summed E-state index contributed by atoms with van der Waals surface area (Å²) in [5.74, 6) is 0.419. The molecule has 0 spiro atoms.